The van der Waals surface area contributed by atoms with Gasteiger partial charge in [0.1, 0.15) is 0 Å². The minimum atomic E-state index is -0.250. The van der Waals surface area contributed by atoms with Crippen LogP contribution in [0.3, 0.4) is 0 Å². The Labute approximate surface area is 177 Å². The van der Waals surface area contributed by atoms with E-state index in [4.69, 9.17) is 0 Å². The first-order valence-electron chi connectivity index (χ1n) is 8.38. The van der Waals surface area contributed by atoms with Gasteiger partial charge in [-0.25, -0.2) is 9.97 Å². The molecule has 0 unspecified atom stereocenters. The van der Waals surface area contributed by atoms with Crippen LogP contribution < -0.4 is 0 Å². The van der Waals surface area contributed by atoms with Crippen molar-refractivity contribution in [2.75, 3.05) is 0 Å². The summed E-state index contributed by atoms with van der Waals surface area (Å²) in [7, 11) is 0. The van der Waals surface area contributed by atoms with E-state index in [2.05, 4.69) is 77.5 Å². The summed E-state index contributed by atoms with van der Waals surface area (Å²) in [6.45, 7) is 0. The van der Waals surface area contributed by atoms with E-state index in [1.165, 1.54) is 0 Å². The van der Waals surface area contributed by atoms with Crippen molar-refractivity contribution in [3.05, 3.63) is 71.3 Å². The van der Waals surface area contributed by atoms with Crippen molar-refractivity contribution in [2.24, 2.45) is 0 Å². The number of hydrogen-bond donors (Lipinski definition) is 2. The molecular formula is C20H14Br2N4Zn. The molecule has 0 spiro atoms. The molecule has 0 amide bonds. The molecular weight excluding hydrogens is 521 g/mol. The van der Waals surface area contributed by atoms with E-state index in [0.717, 1.165) is 44.8 Å². The molecule has 8 bridgehead atoms. The van der Waals surface area contributed by atoms with E-state index in [1.807, 2.05) is 42.5 Å². The molecule has 2 aliphatic rings. The molecule has 0 radical (unpaired) electrons. The molecule has 3 aromatic heterocycles. The zero-order chi connectivity index (χ0) is 18.6. The molecule has 3 aromatic rings. The van der Waals surface area contributed by atoms with Gasteiger partial charge in [-0.3, -0.25) is 0 Å². The quantitative estimate of drug-likeness (QED) is 0.227. The summed E-state index contributed by atoms with van der Waals surface area (Å²) in [4.78, 5) is 16.0. The molecule has 0 aromatic carbocycles. The van der Waals surface area contributed by atoms with E-state index < -0.39 is 0 Å². The molecule has 2 aliphatic heterocycles. The Bertz CT molecular complexity index is 1100. The molecule has 0 aliphatic carbocycles. The van der Waals surface area contributed by atoms with Crippen LogP contribution in [0.25, 0.3) is 46.4 Å². The second-order valence-corrected chi connectivity index (χ2v) is 20.1. The first-order chi connectivity index (χ1) is 13.2. The van der Waals surface area contributed by atoms with Crippen LogP contribution >= 0.6 is 27.2 Å². The van der Waals surface area contributed by atoms with Crippen LogP contribution in [0.15, 0.2) is 48.5 Å². The summed E-state index contributed by atoms with van der Waals surface area (Å²) in [5.41, 5.74) is 7.86. The van der Waals surface area contributed by atoms with Gasteiger partial charge in [0.15, 0.2) is 0 Å². The summed E-state index contributed by atoms with van der Waals surface area (Å²) >= 11 is 6.25. The van der Waals surface area contributed by atoms with Crippen LogP contribution in [0.5, 0.6) is 0 Å². The van der Waals surface area contributed by atoms with Gasteiger partial charge in [-0.05, 0) is 72.8 Å². The van der Waals surface area contributed by atoms with Gasteiger partial charge in [-0.15, -0.1) is 0 Å². The number of nitrogens with one attached hydrogen (secondary N) is 2. The molecule has 130 valence electrons. The topological polar surface area (TPSA) is 57.4 Å². The number of fused-ring (bicyclic) bond motifs is 8. The Morgan fingerprint density at radius 1 is 0.556 bits per heavy atom. The first kappa shape index (κ1) is 18.5. The van der Waals surface area contributed by atoms with E-state index in [0.29, 0.717) is 0 Å². The fourth-order valence-corrected chi connectivity index (χ4v) is 2.94. The third kappa shape index (κ3) is 4.73. The van der Waals surface area contributed by atoms with Crippen molar-refractivity contribution in [1.29, 1.82) is 0 Å². The van der Waals surface area contributed by atoms with Gasteiger partial charge in [-0.2, -0.15) is 0 Å². The standard InChI is InChI=1S/C20H14N4.2BrH.Zn/c1-2-14-10-16-5-6-18(23-16)12-20-8-7-19(24-20)11-17-4-3-15(22-17)9-13(1)21-14;;;/h1-12,21-22H;2*1H;/q;;;+2/p-2. The van der Waals surface area contributed by atoms with Crippen LogP contribution in [0.4, 0.5) is 0 Å². The maximum absolute atomic E-state index is 4.62. The second-order valence-electron chi connectivity index (χ2n) is 6.01. The van der Waals surface area contributed by atoms with Gasteiger partial charge in [0.25, 0.3) is 0 Å². The first-order valence-corrected chi connectivity index (χ1v) is 22.3. The van der Waals surface area contributed by atoms with Crippen LogP contribution in [-0.2, 0) is 13.2 Å². The normalized spacial score (nSPS) is 11.6. The zero-order valence-electron chi connectivity index (χ0n) is 14.3. The number of hydrogen-bond acceptors (Lipinski definition) is 2. The third-order valence-electron chi connectivity index (χ3n) is 4.04. The Balaban J connectivity index is 0.000000565. The van der Waals surface area contributed by atoms with E-state index in [9.17, 15) is 0 Å². The molecule has 2 N–H and O–H groups in total. The van der Waals surface area contributed by atoms with Crippen molar-refractivity contribution < 1.29 is 13.2 Å². The summed E-state index contributed by atoms with van der Waals surface area (Å²) in [6, 6.07) is 16.4. The van der Waals surface area contributed by atoms with E-state index in [-0.39, 0.29) is 13.2 Å². The molecule has 0 saturated carbocycles. The summed E-state index contributed by atoms with van der Waals surface area (Å²) in [5.74, 6) is 0. The Hall–Kier alpha value is -1.82. The molecule has 7 heteroatoms. The van der Waals surface area contributed by atoms with Crippen molar-refractivity contribution in [3.63, 3.8) is 0 Å². The SMILES string of the molecule is C1=Cc2cc3ccc(cc4ccc(cc5nc(cc1n2)C=C5)[nH]4)[nH]3.[Br][Zn][Br]. The van der Waals surface area contributed by atoms with Gasteiger partial charge in [0.2, 0.25) is 0 Å². The van der Waals surface area contributed by atoms with Crippen LogP contribution in [0.1, 0.15) is 22.8 Å². The average Bonchev–Trinajstić information content (AvgIpc) is 3.41. The molecule has 5 heterocycles. The Morgan fingerprint density at radius 3 is 1.30 bits per heavy atom. The summed E-state index contributed by atoms with van der Waals surface area (Å²) in [5, 5.41) is 0. The fraction of sp³-hybridized carbons (Fsp3) is 0. The van der Waals surface area contributed by atoms with Crippen LogP contribution in [-0.4, -0.2) is 19.9 Å². The van der Waals surface area contributed by atoms with Gasteiger partial charge in [0, 0.05) is 22.1 Å². The number of H-pyrrole nitrogens is 2. The maximum atomic E-state index is 4.62. The van der Waals surface area contributed by atoms with E-state index in [1.54, 1.807) is 0 Å². The van der Waals surface area contributed by atoms with Gasteiger partial charge in [0.05, 0.1) is 22.8 Å². The Kier molecular flexibility index (Phi) is 5.81. The molecule has 0 atom stereocenters. The predicted octanol–water partition coefficient (Wildman–Crippen LogP) is 6.34. The number of aromatic amines is 2. The molecule has 4 nitrogen and oxygen atoms in total. The molecule has 27 heavy (non-hydrogen) atoms. The number of rotatable bonds is 0. The number of aromatic nitrogens is 4. The minimum absolute atomic E-state index is 0.250. The van der Waals surface area contributed by atoms with Crippen molar-refractivity contribution >= 4 is 73.6 Å². The molecule has 0 fully saturated rings. The van der Waals surface area contributed by atoms with Gasteiger partial charge >= 0.3 is 40.5 Å². The second kappa shape index (κ2) is 8.47. The number of nitrogens with zero attached hydrogens (tertiary/aromatic N) is 2. The predicted molar refractivity (Wildman–Crippen MR) is 117 cm³/mol. The average molecular weight is 536 g/mol. The van der Waals surface area contributed by atoms with Crippen LogP contribution in [0, 0.1) is 0 Å². The van der Waals surface area contributed by atoms with E-state index >= 15 is 0 Å². The Morgan fingerprint density at radius 2 is 0.889 bits per heavy atom. The summed E-state index contributed by atoms with van der Waals surface area (Å²) in [6.07, 6.45) is 8.05. The number of halogens is 2. The summed E-state index contributed by atoms with van der Waals surface area (Å²) < 4.78 is 0. The molecule has 5 rings (SSSR count). The van der Waals surface area contributed by atoms with Crippen LogP contribution in [0.2, 0.25) is 0 Å². The fourth-order valence-electron chi connectivity index (χ4n) is 2.94. The zero-order valence-corrected chi connectivity index (χ0v) is 20.4. The third-order valence-corrected chi connectivity index (χ3v) is 4.04. The van der Waals surface area contributed by atoms with Crippen molar-refractivity contribution in [3.8, 4) is 0 Å². The molecule has 0 saturated heterocycles. The monoisotopic (exact) mass is 532 g/mol. The van der Waals surface area contributed by atoms with Crippen molar-refractivity contribution in [2.45, 2.75) is 0 Å². The van der Waals surface area contributed by atoms with Gasteiger partial charge < -0.3 is 9.97 Å². The van der Waals surface area contributed by atoms with Crippen molar-refractivity contribution in [1.82, 2.24) is 19.9 Å². The van der Waals surface area contributed by atoms with Gasteiger partial charge in [-0.1, -0.05) is 0 Å².